The molecule has 222 valence electrons. The summed E-state index contributed by atoms with van der Waals surface area (Å²) in [6.07, 6.45) is 0. The molecule has 0 fully saturated rings. The SMILES string of the molecule is O=C(Oc1ccc(-c2ccc(OC(=O)c3ccc(/N=N/c4ccccc4)cc3)cc2)cc1)c1ccc(/N=N/c2ccccc2)cc1. The van der Waals surface area contributed by atoms with Gasteiger partial charge in [-0.15, -0.1) is 0 Å². The summed E-state index contributed by atoms with van der Waals surface area (Å²) in [7, 11) is 0. The van der Waals surface area contributed by atoms with Gasteiger partial charge in [-0.3, -0.25) is 0 Å². The quantitative estimate of drug-likeness (QED) is 0.0933. The minimum Gasteiger partial charge on any atom is -0.423 e. The fourth-order valence-electron chi connectivity index (χ4n) is 4.31. The van der Waals surface area contributed by atoms with Crippen LogP contribution in [-0.4, -0.2) is 11.9 Å². The Kier molecular flexibility index (Phi) is 9.17. The second-order valence-corrected chi connectivity index (χ2v) is 9.99. The predicted octanol–water partition coefficient (Wildman–Crippen LogP) is 10.6. The van der Waals surface area contributed by atoms with E-state index in [1.54, 1.807) is 72.8 Å². The molecule has 0 bridgehead atoms. The Hall–Kier alpha value is -6.54. The highest BCUT2D eigenvalue weighted by Crippen LogP contribution is 2.26. The van der Waals surface area contributed by atoms with Crippen LogP contribution in [0.2, 0.25) is 0 Å². The number of hydrogen-bond donors (Lipinski definition) is 0. The van der Waals surface area contributed by atoms with E-state index in [1.165, 1.54) is 0 Å². The lowest BCUT2D eigenvalue weighted by Gasteiger charge is -2.08. The third kappa shape index (κ3) is 7.89. The van der Waals surface area contributed by atoms with E-state index in [2.05, 4.69) is 20.5 Å². The number of rotatable bonds is 9. The summed E-state index contributed by atoms with van der Waals surface area (Å²) in [6, 6.07) is 46.6. The van der Waals surface area contributed by atoms with Gasteiger partial charge in [0, 0.05) is 0 Å². The van der Waals surface area contributed by atoms with Gasteiger partial charge in [-0.25, -0.2) is 9.59 Å². The highest BCUT2D eigenvalue weighted by atomic mass is 16.5. The molecule has 0 aliphatic rings. The summed E-state index contributed by atoms with van der Waals surface area (Å²) in [5, 5.41) is 16.7. The van der Waals surface area contributed by atoms with Crippen molar-refractivity contribution in [3.8, 4) is 22.6 Å². The van der Waals surface area contributed by atoms with Gasteiger partial charge >= 0.3 is 11.9 Å². The highest BCUT2D eigenvalue weighted by molar-refractivity contribution is 5.92. The van der Waals surface area contributed by atoms with Crippen molar-refractivity contribution in [2.24, 2.45) is 20.5 Å². The van der Waals surface area contributed by atoms with Gasteiger partial charge in [0.1, 0.15) is 11.5 Å². The van der Waals surface area contributed by atoms with Gasteiger partial charge in [0.05, 0.1) is 33.9 Å². The van der Waals surface area contributed by atoms with Crippen LogP contribution in [0.1, 0.15) is 20.7 Å². The molecular weight excluding hydrogens is 576 g/mol. The van der Waals surface area contributed by atoms with Gasteiger partial charge in [0.25, 0.3) is 0 Å². The lowest BCUT2D eigenvalue weighted by atomic mass is 10.1. The van der Waals surface area contributed by atoms with Gasteiger partial charge in [0.15, 0.2) is 0 Å². The molecule has 8 heteroatoms. The molecule has 6 rings (SSSR count). The summed E-state index contributed by atoms with van der Waals surface area (Å²) < 4.78 is 11.1. The zero-order chi connectivity index (χ0) is 31.6. The molecule has 0 aliphatic carbocycles. The summed E-state index contributed by atoms with van der Waals surface area (Å²) in [5.74, 6) is -0.118. The number of nitrogens with zero attached hydrogens (tertiary/aromatic N) is 4. The van der Waals surface area contributed by atoms with E-state index in [1.807, 2.05) is 84.9 Å². The second kappa shape index (κ2) is 14.3. The molecule has 8 nitrogen and oxygen atoms in total. The van der Waals surface area contributed by atoms with Crippen LogP contribution in [0.3, 0.4) is 0 Å². The Morgan fingerprint density at radius 1 is 0.348 bits per heavy atom. The number of benzene rings is 6. The molecule has 0 aromatic heterocycles. The van der Waals surface area contributed by atoms with E-state index in [9.17, 15) is 9.59 Å². The molecule has 0 radical (unpaired) electrons. The van der Waals surface area contributed by atoms with E-state index in [0.29, 0.717) is 34.0 Å². The number of carbonyl (C=O) groups is 2. The van der Waals surface area contributed by atoms with Crippen molar-refractivity contribution in [2.45, 2.75) is 0 Å². The van der Waals surface area contributed by atoms with Gasteiger partial charge in [-0.05, 0) is 108 Å². The van der Waals surface area contributed by atoms with Crippen molar-refractivity contribution < 1.29 is 19.1 Å². The minimum atomic E-state index is -0.475. The maximum atomic E-state index is 12.7. The molecule has 6 aromatic rings. The van der Waals surface area contributed by atoms with Crippen molar-refractivity contribution in [3.63, 3.8) is 0 Å². The molecule has 0 N–H and O–H groups in total. The van der Waals surface area contributed by atoms with Gasteiger partial charge in [-0.2, -0.15) is 20.5 Å². The Labute approximate surface area is 265 Å². The van der Waals surface area contributed by atoms with Crippen LogP contribution < -0.4 is 9.47 Å². The molecule has 46 heavy (non-hydrogen) atoms. The summed E-state index contributed by atoms with van der Waals surface area (Å²) in [5.41, 5.74) is 5.36. The predicted molar refractivity (Wildman–Crippen MR) is 176 cm³/mol. The molecule has 0 spiro atoms. The number of ether oxygens (including phenoxy) is 2. The Morgan fingerprint density at radius 2 is 0.652 bits per heavy atom. The van der Waals surface area contributed by atoms with Gasteiger partial charge < -0.3 is 9.47 Å². The van der Waals surface area contributed by atoms with E-state index < -0.39 is 11.9 Å². The molecule has 0 unspecified atom stereocenters. The zero-order valence-electron chi connectivity index (χ0n) is 24.4. The normalized spacial score (nSPS) is 11.0. The third-order valence-electron chi connectivity index (χ3n) is 6.74. The summed E-state index contributed by atoms with van der Waals surface area (Å²) in [4.78, 5) is 25.3. The smallest absolute Gasteiger partial charge is 0.343 e. The molecule has 0 amide bonds. The zero-order valence-corrected chi connectivity index (χ0v) is 24.4. The van der Waals surface area contributed by atoms with Crippen LogP contribution in [0.25, 0.3) is 11.1 Å². The number of azo groups is 2. The minimum absolute atomic E-state index is 0.400. The van der Waals surface area contributed by atoms with Crippen LogP contribution in [0.4, 0.5) is 22.7 Å². The molecule has 0 atom stereocenters. The monoisotopic (exact) mass is 602 g/mol. The van der Waals surface area contributed by atoms with E-state index >= 15 is 0 Å². The molecule has 6 aromatic carbocycles. The van der Waals surface area contributed by atoms with Crippen molar-refractivity contribution in [2.75, 3.05) is 0 Å². The maximum Gasteiger partial charge on any atom is 0.343 e. The highest BCUT2D eigenvalue weighted by Gasteiger charge is 2.11. The van der Waals surface area contributed by atoms with Crippen LogP contribution in [0.15, 0.2) is 178 Å². The number of hydrogen-bond acceptors (Lipinski definition) is 8. The average molecular weight is 603 g/mol. The van der Waals surface area contributed by atoms with Crippen molar-refractivity contribution in [3.05, 3.63) is 169 Å². The lowest BCUT2D eigenvalue weighted by molar-refractivity contribution is 0.0725. The Balaban J connectivity index is 1.01. The first-order chi connectivity index (χ1) is 22.6. The van der Waals surface area contributed by atoms with E-state index in [-0.39, 0.29) is 0 Å². The molecule has 0 heterocycles. The molecule has 0 saturated heterocycles. The number of carbonyl (C=O) groups excluding carboxylic acids is 2. The first-order valence-corrected chi connectivity index (χ1v) is 14.4. The standard InChI is InChI=1S/C38H26N4O4/c43-37(29-11-19-33(20-12-29)41-39-31-7-3-1-4-8-31)45-35-23-15-27(16-24-35)28-17-25-36(26-18-28)46-38(44)30-13-21-34(22-14-30)42-40-32-9-5-2-6-10-32/h1-26H/b41-39+,42-40+. The van der Waals surface area contributed by atoms with Crippen molar-refractivity contribution >= 4 is 34.7 Å². The van der Waals surface area contributed by atoms with Crippen LogP contribution in [-0.2, 0) is 0 Å². The van der Waals surface area contributed by atoms with Gasteiger partial charge in [-0.1, -0.05) is 60.7 Å². The van der Waals surface area contributed by atoms with Crippen molar-refractivity contribution in [1.29, 1.82) is 0 Å². The maximum absolute atomic E-state index is 12.7. The second-order valence-electron chi connectivity index (χ2n) is 9.99. The van der Waals surface area contributed by atoms with Gasteiger partial charge in [0.2, 0.25) is 0 Å². The number of esters is 2. The first kappa shape index (κ1) is 29.5. The molecule has 0 saturated carbocycles. The Morgan fingerprint density at radius 3 is 0.978 bits per heavy atom. The average Bonchev–Trinajstić information content (AvgIpc) is 3.12. The van der Waals surface area contributed by atoms with Crippen LogP contribution in [0, 0.1) is 0 Å². The fourth-order valence-corrected chi connectivity index (χ4v) is 4.31. The molecule has 0 aliphatic heterocycles. The van der Waals surface area contributed by atoms with Crippen LogP contribution in [0.5, 0.6) is 11.5 Å². The Bertz CT molecular complexity index is 1830. The van der Waals surface area contributed by atoms with Crippen molar-refractivity contribution in [1.82, 2.24) is 0 Å². The first-order valence-electron chi connectivity index (χ1n) is 14.4. The van der Waals surface area contributed by atoms with Crippen LogP contribution >= 0.6 is 0 Å². The fraction of sp³-hybridized carbons (Fsp3) is 0. The summed E-state index contributed by atoms with van der Waals surface area (Å²) in [6.45, 7) is 0. The third-order valence-corrected chi connectivity index (χ3v) is 6.74. The van der Waals surface area contributed by atoms with E-state index in [4.69, 9.17) is 9.47 Å². The topological polar surface area (TPSA) is 102 Å². The van der Waals surface area contributed by atoms with E-state index in [0.717, 1.165) is 22.5 Å². The largest absolute Gasteiger partial charge is 0.423 e. The summed E-state index contributed by atoms with van der Waals surface area (Å²) >= 11 is 0. The molecular formula is C38H26N4O4. The lowest BCUT2D eigenvalue weighted by Crippen LogP contribution is -2.08.